The third-order valence-electron chi connectivity index (χ3n) is 6.76. The fourth-order valence-corrected chi connectivity index (χ4v) is 6.45. The van der Waals surface area contributed by atoms with Crippen molar-refractivity contribution >= 4 is 22.2 Å². The Balaban J connectivity index is 1.53. The van der Waals surface area contributed by atoms with Crippen molar-refractivity contribution in [3.05, 3.63) is 71.8 Å². The van der Waals surface area contributed by atoms with Crippen molar-refractivity contribution in [3.8, 4) is 0 Å². The Kier molecular flexibility index (Phi) is 10.8. The van der Waals surface area contributed by atoms with E-state index in [9.17, 15) is 9.90 Å². The zero-order chi connectivity index (χ0) is 24.2. The van der Waals surface area contributed by atoms with Crippen LogP contribution in [-0.4, -0.2) is 47.5 Å². The lowest BCUT2D eigenvalue weighted by Gasteiger charge is -2.43. The molecule has 0 aliphatic carbocycles. The molecule has 6 heteroatoms. The molecule has 186 valence electrons. The van der Waals surface area contributed by atoms with Crippen molar-refractivity contribution < 1.29 is 14.6 Å². The van der Waals surface area contributed by atoms with Gasteiger partial charge in [-0.3, -0.25) is 9.52 Å². The third-order valence-corrected chi connectivity index (χ3v) is 8.63. The second-order valence-electron chi connectivity index (χ2n) is 8.89. The minimum atomic E-state index is -0.971. The van der Waals surface area contributed by atoms with Crippen molar-refractivity contribution in [2.75, 3.05) is 26.7 Å². The maximum Gasteiger partial charge on any atom is 0.305 e. The Morgan fingerprint density at radius 1 is 1.03 bits per heavy atom. The van der Waals surface area contributed by atoms with E-state index in [0.29, 0.717) is 6.42 Å². The Hall–Kier alpha value is -1.99. The largest absolute Gasteiger partial charge is 0.469 e. The molecule has 1 heterocycles. The van der Waals surface area contributed by atoms with Gasteiger partial charge in [0.1, 0.15) is 5.60 Å². The second kappa shape index (κ2) is 13.8. The molecule has 0 spiro atoms. The number of hydrogen-bond acceptors (Lipinski definition) is 5. The van der Waals surface area contributed by atoms with Crippen LogP contribution in [0.3, 0.4) is 0 Å². The Labute approximate surface area is 207 Å². The molecule has 0 aromatic heterocycles. The molecule has 2 aromatic rings. The highest BCUT2D eigenvalue weighted by molar-refractivity contribution is 8.11. The predicted molar refractivity (Wildman–Crippen MR) is 143 cm³/mol. The quantitative estimate of drug-likeness (QED) is 0.244. The van der Waals surface area contributed by atoms with Gasteiger partial charge in [0.25, 0.3) is 0 Å². The number of rotatable bonds is 12. The zero-order valence-electron chi connectivity index (χ0n) is 20.6. The van der Waals surface area contributed by atoms with Crippen molar-refractivity contribution in [3.63, 3.8) is 0 Å². The van der Waals surface area contributed by atoms with Crippen LogP contribution in [0.5, 0.6) is 0 Å². The molecule has 34 heavy (non-hydrogen) atoms. The molecule has 0 radical (unpaired) electrons. The molecule has 0 amide bonds. The van der Waals surface area contributed by atoms with Gasteiger partial charge in [-0.05, 0) is 55.0 Å². The van der Waals surface area contributed by atoms with Crippen LogP contribution in [0.15, 0.2) is 60.7 Å². The first-order valence-corrected chi connectivity index (χ1v) is 13.8. The summed E-state index contributed by atoms with van der Waals surface area (Å²) in [7, 11) is 1.38. The van der Waals surface area contributed by atoms with Crippen molar-refractivity contribution in [2.45, 2.75) is 57.5 Å². The maximum absolute atomic E-state index is 12.1. The van der Waals surface area contributed by atoms with Crippen LogP contribution >= 0.6 is 10.9 Å². The predicted octanol–water partition coefficient (Wildman–Crippen LogP) is 5.27. The van der Waals surface area contributed by atoms with Crippen LogP contribution in [0.4, 0.5) is 0 Å². The average Bonchev–Trinajstić information content (AvgIpc) is 2.90. The van der Waals surface area contributed by atoms with Gasteiger partial charge in [-0.2, -0.15) is 0 Å². The van der Waals surface area contributed by atoms with Gasteiger partial charge in [-0.15, -0.1) is 0 Å². The van der Waals surface area contributed by atoms with Gasteiger partial charge in [-0.25, -0.2) is 4.31 Å². The maximum atomic E-state index is 12.1. The molecule has 1 saturated heterocycles. The van der Waals surface area contributed by atoms with Crippen molar-refractivity contribution in [2.24, 2.45) is 5.92 Å². The van der Waals surface area contributed by atoms with Gasteiger partial charge >= 0.3 is 5.97 Å². The summed E-state index contributed by atoms with van der Waals surface area (Å²) in [4.78, 5) is 11.2. The Bertz CT molecular complexity index is 857. The number of ether oxygens (including phenoxy) is 1. The highest BCUT2D eigenvalue weighted by atomic mass is 32.2. The minimum absolute atomic E-state index is 0.0620. The summed E-state index contributed by atoms with van der Waals surface area (Å²) in [5.74, 6) is 0.0562. The molecule has 1 aliphatic heterocycles. The van der Waals surface area contributed by atoms with E-state index in [1.165, 1.54) is 7.11 Å². The van der Waals surface area contributed by atoms with Crippen LogP contribution in [0.2, 0.25) is 0 Å². The summed E-state index contributed by atoms with van der Waals surface area (Å²) in [6.45, 7) is 5.03. The molecule has 2 N–H and O–H groups in total. The standard InChI is InChI=1S/C28H40N2O3S/c1-3-34(29-21-13-5-4-12-18-27(31)33-2)30-22-19-26(20-23-30)28(32,24-14-8-6-9-15-24)25-16-10-7-11-17-25/h3,6-11,14-17,26,29,32H,4-5,12-13,18-23H2,1-2H3. The van der Waals surface area contributed by atoms with Crippen LogP contribution in [-0.2, 0) is 15.1 Å². The minimum Gasteiger partial charge on any atom is -0.469 e. The lowest BCUT2D eigenvalue weighted by atomic mass is 9.72. The molecule has 3 rings (SSSR count). The third kappa shape index (κ3) is 7.01. The average molecular weight is 485 g/mol. The Morgan fingerprint density at radius 3 is 2.12 bits per heavy atom. The molecule has 0 bridgehead atoms. The highest BCUT2D eigenvalue weighted by Crippen LogP contribution is 2.42. The molecule has 5 nitrogen and oxygen atoms in total. The number of carbonyl (C=O) groups excluding carboxylic acids is 1. The molecule has 2 aromatic carbocycles. The smallest absolute Gasteiger partial charge is 0.305 e. The molecule has 1 unspecified atom stereocenters. The summed E-state index contributed by atoms with van der Waals surface area (Å²) >= 11 is 0. The van der Waals surface area contributed by atoms with Gasteiger partial charge in [-0.1, -0.05) is 84.4 Å². The summed E-state index contributed by atoms with van der Waals surface area (Å²) in [6, 6.07) is 20.3. The summed E-state index contributed by atoms with van der Waals surface area (Å²) < 4.78 is 10.9. The number of nitrogens with zero attached hydrogens (tertiary/aromatic N) is 1. The van der Waals surface area contributed by atoms with E-state index >= 15 is 0 Å². The topological polar surface area (TPSA) is 61.8 Å². The van der Waals surface area contributed by atoms with Crippen LogP contribution < -0.4 is 4.72 Å². The summed E-state index contributed by atoms with van der Waals surface area (Å²) in [6.07, 6.45) is 6.61. The van der Waals surface area contributed by atoms with Crippen LogP contribution in [0.1, 0.15) is 63.0 Å². The normalized spacial score (nSPS) is 16.4. The highest BCUT2D eigenvalue weighted by Gasteiger charge is 2.41. The lowest BCUT2D eigenvalue weighted by molar-refractivity contribution is -0.140. The van der Waals surface area contributed by atoms with Gasteiger partial charge in [0.05, 0.1) is 7.11 Å². The van der Waals surface area contributed by atoms with Crippen LogP contribution in [0, 0.1) is 5.92 Å². The first-order valence-electron chi connectivity index (χ1n) is 12.5. The summed E-state index contributed by atoms with van der Waals surface area (Å²) in [5, 5.41) is 14.3. The molecule has 0 saturated carbocycles. The monoisotopic (exact) mass is 484 g/mol. The SMILES string of the molecule is C/C=S(/NCCCCCCC(=O)OC)N1CCC(C(O)(c2ccccc2)c2ccccc2)CC1. The van der Waals surface area contributed by atoms with Crippen LogP contribution in [0.25, 0.3) is 0 Å². The number of unbranched alkanes of at least 4 members (excludes halogenated alkanes) is 3. The fourth-order valence-electron chi connectivity index (χ4n) is 4.84. The summed E-state index contributed by atoms with van der Waals surface area (Å²) in [5.41, 5.74) is 0.984. The molecule has 1 atom stereocenters. The number of hydrogen-bond donors (Lipinski definition) is 2. The van der Waals surface area contributed by atoms with E-state index in [-0.39, 0.29) is 22.7 Å². The van der Waals surface area contributed by atoms with Gasteiger partial charge < -0.3 is 9.84 Å². The van der Waals surface area contributed by atoms with E-state index in [1.807, 2.05) is 36.4 Å². The number of esters is 1. The first-order chi connectivity index (χ1) is 16.6. The number of piperidine rings is 1. The molecular formula is C28H40N2O3S. The first kappa shape index (κ1) is 26.6. The molecule has 1 fully saturated rings. The van der Waals surface area contributed by atoms with E-state index in [1.54, 1.807) is 0 Å². The van der Waals surface area contributed by atoms with E-state index in [4.69, 9.17) is 4.74 Å². The van der Waals surface area contributed by atoms with E-state index in [0.717, 1.165) is 69.3 Å². The van der Waals surface area contributed by atoms with Crippen molar-refractivity contribution in [1.29, 1.82) is 0 Å². The second-order valence-corrected chi connectivity index (χ2v) is 10.8. The zero-order valence-corrected chi connectivity index (χ0v) is 21.4. The Morgan fingerprint density at radius 2 is 1.59 bits per heavy atom. The molecule has 1 aliphatic rings. The lowest BCUT2D eigenvalue weighted by Crippen LogP contribution is -2.43. The number of aliphatic hydroxyl groups is 1. The van der Waals surface area contributed by atoms with Crippen molar-refractivity contribution in [1.82, 2.24) is 9.03 Å². The number of methoxy groups -OCH3 is 1. The number of carbonyl (C=O) groups is 1. The van der Waals surface area contributed by atoms with E-state index in [2.05, 4.69) is 45.6 Å². The van der Waals surface area contributed by atoms with E-state index < -0.39 is 5.60 Å². The van der Waals surface area contributed by atoms with Gasteiger partial charge in [0.15, 0.2) is 0 Å². The van der Waals surface area contributed by atoms with Gasteiger partial charge in [0, 0.05) is 26.1 Å². The molecular weight excluding hydrogens is 444 g/mol. The number of nitrogens with one attached hydrogen (secondary N) is 1. The fraction of sp³-hybridized carbons (Fsp3) is 0.500. The number of benzene rings is 2. The van der Waals surface area contributed by atoms with Gasteiger partial charge in [0.2, 0.25) is 0 Å².